The molecule has 5 nitrogen and oxygen atoms in total. The summed E-state index contributed by atoms with van der Waals surface area (Å²) in [5, 5.41) is 2.61. The zero-order valence-electron chi connectivity index (χ0n) is 13.0. The third kappa shape index (κ3) is 6.05. The van der Waals surface area contributed by atoms with Crippen molar-refractivity contribution in [1.29, 1.82) is 0 Å². The average molecular weight is 393 g/mol. The minimum absolute atomic E-state index is 0.0726. The van der Waals surface area contributed by atoms with Gasteiger partial charge in [0.2, 0.25) is 0 Å². The number of amides is 1. The van der Waals surface area contributed by atoms with Crippen molar-refractivity contribution in [1.82, 2.24) is 5.32 Å². The molecule has 1 aromatic heterocycles. The van der Waals surface area contributed by atoms with Crippen LogP contribution in [0.2, 0.25) is 0 Å². The van der Waals surface area contributed by atoms with E-state index in [4.69, 9.17) is 0 Å². The smallest absolute Gasteiger partial charge is 0.422 e. The highest BCUT2D eigenvalue weighted by atomic mass is 32.2. The van der Waals surface area contributed by atoms with Gasteiger partial charge in [0, 0.05) is 12.8 Å². The van der Waals surface area contributed by atoms with E-state index in [0.717, 1.165) is 17.6 Å². The van der Waals surface area contributed by atoms with Gasteiger partial charge in [-0.15, -0.1) is 11.3 Å². The Morgan fingerprint density at radius 2 is 1.80 bits per heavy atom. The van der Waals surface area contributed by atoms with Crippen LogP contribution in [0.15, 0.2) is 40.6 Å². The summed E-state index contributed by atoms with van der Waals surface area (Å²) >= 11 is 0.868. The molecule has 0 atom stereocenters. The van der Waals surface area contributed by atoms with Gasteiger partial charge in [0.05, 0.1) is 4.88 Å². The molecule has 0 unspecified atom stereocenters. The topological polar surface area (TPSA) is 72.5 Å². The monoisotopic (exact) mass is 393 g/mol. The molecule has 2 rings (SSSR count). The van der Waals surface area contributed by atoms with Crippen LogP contribution < -0.4 is 10.1 Å². The number of alkyl halides is 3. The van der Waals surface area contributed by atoms with Crippen molar-refractivity contribution < 1.29 is 31.1 Å². The first-order chi connectivity index (χ1) is 11.5. The Balaban J connectivity index is 1.90. The zero-order valence-corrected chi connectivity index (χ0v) is 14.6. The van der Waals surface area contributed by atoms with Crippen molar-refractivity contribution >= 4 is 27.1 Å². The number of ether oxygens (including phenoxy) is 1. The molecule has 2 aromatic rings. The summed E-state index contributed by atoms with van der Waals surface area (Å²) in [7, 11) is -3.36. The Morgan fingerprint density at radius 1 is 1.16 bits per heavy atom. The van der Waals surface area contributed by atoms with Gasteiger partial charge < -0.3 is 10.1 Å². The molecule has 1 aromatic carbocycles. The second-order valence-corrected chi connectivity index (χ2v) is 8.45. The van der Waals surface area contributed by atoms with E-state index >= 15 is 0 Å². The normalized spacial score (nSPS) is 12.0. The molecule has 1 heterocycles. The summed E-state index contributed by atoms with van der Waals surface area (Å²) in [6.07, 6.45) is -3.35. The number of rotatable bonds is 6. The molecule has 0 bridgehead atoms. The van der Waals surface area contributed by atoms with Crippen molar-refractivity contribution in [3.05, 3.63) is 46.8 Å². The number of hydrogen-bond donors (Lipinski definition) is 1. The summed E-state index contributed by atoms with van der Waals surface area (Å²) in [6, 6.07) is 8.59. The SMILES string of the molecule is CS(=O)(=O)c1ccc(C(=O)NCc2ccc(OCC(F)(F)F)cc2)s1. The molecule has 0 saturated carbocycles. The number of thiophene rings is 1. The molecule has 0 aliphatic heterocycles. The van der Waals surface area contributed by atoms with Crippen LogP contribution in [0.1, 0.15) is 15.2 Å². The van der Waals surface area contributed by atoms with Crippen LogP contribution >= 0.6 is 11.3 Å². The molecule has 25 heavy (non-hydrogen) atoms. The van der Waals surface area contributed by atoms with Gasteiger partial charge in [-0.2, -0.15) is 13.2 Å². The highest BCUT2D eigenvalue weighted by molar-refractivity contribution is 7.92. The lowest BCUT2D eigenvalue weighted by atomic mass is 10.2. The zero-order chi connectivity index (χ0) is 18.7. The van der Waals surface area contributed by atoms with E-state index in [2.05, 4.69) is 10.1 Å². The fraction of sp³-hybridized carbons (Fsp3) is 0.267. The van der Waals surface area contributed by atoms with Crippen LogP contribution in [0.25, 0.3) is 0 Å². The fourth-order valence-electron chi connectivity index (χ4n) is 1.78. The molecule has 0 aliphatic rings. The molecule has 1 N–H and O–H groups in total. The third-order valence-electron chi connectivity index (χ3n) is 2.95. The average Bonchev–Trinajstić information content (AvgIpc) is 3.01. The number of sulfone groups is 1. The first-order valence-corrected chi connectivity index (χ1v) is 9.62. The van der Waals surface area contributed by atoms with Crippen LogP contribution in [-0.4, -0.2) is 33.4 Å². The third-order valence-corrected chi connectivity index (χ3v) is 5.85. The highest BCUT2D eigenvalue weighted by Crippen LogP contribution is 2.22. The Bertz CT molecular complexity index is 842. The van der Waals surface area contributed by atoms with Crippen molar-refractivity contribution in [2.75, 3.05) is 12.9 Å². The van der Waals surface area contributed by atoms with Crippen LogP contribution in [0.4, 0.5) is 13.2 Å². The molecule has 0 radical (unpaired) electrons. The molecule has 0 aliphatic carbocycles. The van der Waals surface area contributed by atoms with Gasteiger partial charge in [0.1, 0.15) is 9.96 Å². The maximum Gasteiger partial charge on any atom is 0.422 e. The Hall–Kier alpha value is -2.07. The number of carbonyl (C=O) groups is 1. The predicted octanol–water partition coefficient (Wildman–Crippen LogP) is 3.02. The summed E-state index contributed by atoms with van der Waals surface area (Å²) in [5.41, 5.74) is 0.660. The number of hydrogen-bond acceptors (Lipinski definition) is 5. The molecule has 0 spiro atoms. The second kappa shape index (κ2) is 7.44. The number of nitrogens with one attached hydrogen (secondary N) is 1. The standard InChI is InChI=1S/C15H14F3NO4S2/c1-25(21,22)13-7-6-12(24-13)14(20)19-8-10-2-4-11(5-3-10)23-9-15(16,17)18/h2-7H,8-9H2,1H3,(H,19,20). The molecule has 1 amide bonds. The lowest BCUT2D eigenvalue weighted by Gasteiger charge is -2.09. The van der Waals surface area contributed by atoms with E-state index in [1.165, 1.54) is 36.4 Å². The van der Waals surface area contributed by atoms with Gasteiger partial charge in [0.25, 0.3) is 5.91 Å². The molecule has 10 heteroatoms. The fourth-order valence-corrected chi connectivity index (χ4v) is 3.62. The summed E-state index contributed by atoms with van der Waals surface area (Å²) in [6.45, 7) is -1.23. The summed E-state index contributed by atoms with van der Waals surface area (Å²) in [4.78, 5) is 12.2. The van der Waals surface area contributed by atoms with Crippen LogP contribution in [0, 0.1) is 0 Å². The minimum atomic E-state index is -4.40. The molecule has 136 valence electrons. The van der Waals surface area contributed by atoms with Gasteiger partial charge >= 0.3 is 6.18 Å². The maximum absolute atomic E-state index is 12.1. The van der Waals surface area contributed by atoms with Gasteiger partial charge in [-0.1, -0.05) is 12.1 Å². The second-order valence-electron chi connectivity index (χ2n) is 5.12. The molecule has 0 fully saturated rings. The predicted molar refractivity (Wildman–Crippen MR) is 86.6 cm³/mol. The summed E-state index contributed by atoms with van der Waals surface area (Å²) < 4.78 is 63.6. The maximum atomic E-state index is 12.1. The quantitative estimate of drug-likeness (QED) is 0.819. The van der Waals surface area contributed by atoms with Crippen molar-refractivity contribution in [2.45, 2.75) is 16.9 Å². The van der Waals surface area contributed by atoms with Gasteiger partial charge in [-0.25, -0.2) is 8.42 Å². The number of benzene rings is 1. The van der Waals surface area contributed by atoms with Crippen molar-refractivity contribution in [3.8, 4) is 5.75 Å². The Labute approximate surface area is 146 Å². The van der Waals surface area contributed by atoms with Crippen molar-refractivity contribution in [3.63, 3.8) is 0 Å². The van der Waals surface area contributed by atoms with Crippen molar-refractivity contribution in [2.24, 2.45) is 0 Å². The number of carbonyl (C=O) groups excluding carboxylic acids is 1. The molecular formula is C15H14F3NO4S2. The van der Waals surface area contributed by atoms with Gasteiger partial charge in [0.15, 0.2) is 16.4 Å². The Kier molecular flexibility index (Phi) is 5.73. The van der Waals surface area contributed by atoms with E-state index in [9.17, 15) is 26.4 Å². The lowest BCUT2D eigenvalue weighted by molar-refractivity contribution is -0.153. The Morgan fingerprint density at radius 3 is 2.32 bits per heavy atom. The first-order valence-electron chi connectivity index (χ1n) is 6.91. The lowest BCUT2D eigenvalue weighted by Crippen LogP contribution is -2.21. The molecule has 0 saturated heterocycles. The first kappa shape index (κ1) is 19.3. The minimum Gasteiger partial charge on any atom is -0.484 e. The van der Waals surface area contributed by atoms with Gasteiger partial charge in [-0.3, -0.25) is 4.79 Å². The van der Waals surface area contributed by atoms with E-state index in [0.29, 0.717) is 5.56 Å². The van der Waals surface area contributed by atoms with E-state index < -0.39 is 28.5 Å². The van der Waals surface area contributed by atoms with Crippen LogP contribution in [-0.2, 0) is 16.4 Å². The van der Waals surface area contributed by atoms with Gasteiger partial charge in [-0.05, 0) is 29.8 Å². The van der Waals surface area contributed by atoms with E-state index in [1.54, 1.807) is 0 Å². The highest BCUT2D eigenvalue weighted by Gasteiger charge is 2.28. The van der Waals surface area contributed by atoms with E-state index in [-0.39, 0.29) is 21.4 Å². The molecular weight excluding hydrogens is 379 g/mol. The van der Waals surface area contributed by atoms with Crippen LogP contribution in [0.3, 0.4) is 0 Å². The number of halogens is 3. The van der Waals surface area contributed by atoms with Crippen LogP contribution in [0.5, 0.6) is 5.75 Å². The largest absolute Gasteiger partial charge is 0.484 e. The summed E-state index contributed by atoms with van der Waals surface area (Å²) in [5.74, 6) is -0.360. The van der Waals surface area contributed by atoms with E-state index in [1.807, 2.05) is 0 Å².